The van der Waals surface area contributed by atoms with Gasteiger partial charge in [0.2, 0.25) is 0 Å². The maximum atomic E-state index is 4.55. The molecule has 2 rings (SSSR count). The molecule has 82 valence electrons. The second-order valence-electron chi connectivity index (χ2n) is 4.02. The molecule has 0 aromatic carbocycles. The lowest BCUT2D eigenvalue weighted by atomic mass is 10.1. The first-order valence-corrected chi connectivity index (χ1v) is 5.53. The van der Waals surface area contributed by atoms with Crippen LogP contribution in [0.25, 0.3) is 0 Å². The maximum absolute atomic E-state index is 4.55. The highest BCUT2D eigenvalue weighted by atomic mass is 15.2. The van der Waals surface area contributed by atoms with Gasteiger partial charge in [-0.15, -0.1) is 0 Å². The fourth-order valence-electron chi connectivity index (χ4n) is 1.87. The topological polar surface area (TPSA) is 41.1 Å². The summed E-state index contributed by atoms with van der Waals surface area (Å²) in [6, 6.07) is 2.37. The van der Waals surface area contributed by atoms with Gasteiger partial charge in [-0.2, -0.15) is 0 Å². The lowest BCUT2D eigenvalue weighted by Gasteiger charge is -2.30. The van der Waals surface area contributed by atoms with Crippen LogP contribution in [-0.4, -0.2) is 41.5 Å². The summed E-state index contributed by atoms with van der Waals surface area (Å²) in [6.45, 7) is 5.26. The van der Waals surface area contributed by atoms with Crippen molar-refractivity contribution in [1.29, 1.82) is 0 Å². The number of piperazine rings is 1. The van der Waals surface area contributed by atoms with E-state index in [1.54, 1.807) is 0 Å². The fraction of sp³-hybridized carbons (Fsp3) is 0.636. The fourth-order valence-corrected chi connectivity index (χ4v) is 1.87. The van der Waals surface area contributed by atoms with Crippen LogP contribution in [0, 0.1) is 0 Å². The molecule has 1 aromatic heterocycles. The molecule has 4 heteroatoms. The van der Waals surface area contributed by atoms with Crippen LogP contribution in [0.3, 0.4) is 0 Å². The van der Waals surface area contributed by atoms with Gasteiger partial charge in [0.15, 0.2) is 0 Å². The van der Waals surface area contributed by atoms with E-state index in [9.17, 15) is 0 Å². The predicted octanol–water partition coefficient (Wildman–Crippen LogP) is 0.615. The summed E-state index contributed by atoms with van der Waals surface area (Å²) in [5.41, 5.74) is 1.12. The van der Waals surface area contributed by atoms with Gasteiger partial charge in [0.05, 0.1) is 11.7 Å². The molecule has 0 radical (unpaired) electrons. The second kappa shape index (κ2) is 4.68. The van der Waals surface area contributed by atoms with Crippen LogP contribution < -0.4 is 5.32 Å². The van der Waals surface area contributed by atoms with Crippen LogP contribution in [0.1, 0.15) is 24.5 Å². The third kappa shape index (κ3) is 2.52. The lowest BCUT2D eigenvalue weighted by molar-refractivity contribution is 0.238. The SMILES string of the molecule is CCc1nccc(C2CN(C)CCN2)n1. The standard InChI is InChI=1S/C11H18N4/c1-3-11-13-5-4-9(14-11)10-8-15(2)7-6-12-10/h4-5,10,12H,3,6-8H2,1-2H3. The Morgan fingerprint density at radius 3 is 3.20 bits per heavy atom. The van der Waals surface area contributed by atoms with E-state index in [0.717, 1.165) is 37.6 Å². The minimum absolute atomic E-state index is 0.358. The number of aryl methyl sites for hydroxylation is 1. The Morgan fingerprint density at radius 2 is 2.47 bits per heavy atom. The first kappa shape index (κ1) is 10.5. The van der Waals surface area contributed by atoms with Gasteiger partial charge in [-0.25, -0.2) is 9.97 Å². The van der Waals surface area contributed by atoms with Gasteiger partial charge in [0.1, 0.15) is 5.82 Å². The molecule has 1 N–H and O–H groups in total. The molecule has 1 aliphatic rings. The first-order valence-electron chi connectivity index (χ1n) is 5.53. The molecule has 1 aliphatic heterocycles. The van der Waals surface area contributed by atoms with Gasteiger partial charge in [-0.3, -0.25) is 0 Å². The van der Waals surface area contributed by atoms with E-state index in [-0.39, 0.29) is 0 Å². The molecule has 0 amide bonds. The van der Waals surface area contributed by atoms with Crippen LogP contribution in [0.2, 0.25) is 0 Å². The molecular formula is C11H18N4. The second-order valence-corrected chi connectivity index (χ2v) is 4.02. The average molecular weight is 206 g/mol. The van der Waals surface area contributed by atoms with E-state index in [1.165, 1.54) is 0 Å². The van der Waals surface area contributed by atoms with Crippen molar-refractivity contribution in [2.24, 2.45) is 0 Å². The molecule has 0 bridgehead atoms. The van der Waals surface area contributed by atoms with E-state index in [0.29, 0.717) is 6.04 Å². The summed E-state index contributed by atoms with van der Waals surface area (Å²) in [4.78, 5) is 11.1. The summed E-state index contributed by atoms with van der Waals surface area (Å²) < 4.78 is 0. The van der Waals surface area contributed by atoms with Gasteiger partial charge in [-0.1, -0.05) is 6.92 Å². The zero-order valence-electron chi connectivity index (χ0n) is 9.40. The van der Waals surface area contributed by atoms with Gasteiger partial charge in [0, 0.05) is 32.3 Å². The van der Waals surface area contributed by atoms with E-state index in [4.69, 9.17) is 0 Å². The smallest absolute Gasteiger partial charge is 0.128 e. The van der Waals surface area contributed by atoms with Crippen LogP contribution in [-0.2, 0) is 6.42 Å². The van der Waals surface area contributed by atoms with Gasteiger partial charge in [0.25, 0.3) is 0 Å². The highest BCUT2D eigenvalue weighted by Gasteiger charge is 2.19. The number of nitrogens with zero attached hydrogens (tertiary/aromatic N) is 3. The molecule has 0 saturated carbocycles. The van der Waals surface area contributed by atoms with Crippen molar-refractivity contribution in [1.82, 2.24) is 20.2 Å². The molecule has 1 saturated heterocycles. The van der Waals surface area contributed by atoms with Crippen LogP contribution in [0.4, 0.5) is 0 Å². The van der Waals surface area contributed by atoms with Crippen molar-refractivity contribution in [2.75, 3.05) is 26.7 Å². The minimum Gasteiger partial charge on any atom is -0.306 e. The van der Waals surface area contributed by atoms with E-state index in [2.05, 4.69) is 34.2 Å². The third-order valence-electron chi connectivity index (χ3n) is 2.78. The Balaban J connectivity index is 2.13. The summed E-state index contributed by atoms with van der Waals surface area (Å²) in [7, 11) is 2.15. The van der Waals surface area contributed by atoms with Gasteiger partial charge in [-0.05, 0) is 13.1 Å². The molecule has 1 aromatic rings. The normalized spacial score (nSPS) is 22.9. The minimum atomic E-state index is 0.358. The van der Waals surface area contributed by atoms with Crippen LogP contribution >= 0.6 is 0 Å². The predicted molar refractivity (Wildman–Crippen MR) is 59.7 cm³/mol. The zero-order chi connectivity index (χ0) is 10.7. The Bertz CT molecular complexity index is 326. The van der Waals surface area contributed by atoms with Crippen LogP contribution in [0.15, 0.2) is 12.3 Å². The molecule has 1 atom stereocenters. The Kier molecular flexibility index (Phi) is 3.28. The Hall–Kier alpha value is -1.00. The molecule has 1 unspecified atom stereocenters. The number of rotatable bonds is 2. The van der Waals surface area contributed by atoms with Crippen molar-refractivity contribution in [3.8, 4) is 0 Å². The van der Waals surface area contributed by atoms with Gasteiger partial charge >= 0.3 is 0 Å². The Labute approximate surface area is 90.7 Å². The van der Waals surface area contributed by atoms with Crippen molar-refractivity contribution >= 4 is 0 Å². The van der Waals surface area contributed by atoms with Crippen molar-refractivity contribution in [3.05, 3.63) is 23.8 Å². The third-order valence-corrected chi connectivity index (χ3v) is 2.78. The number of nitrogens with one attached hydrogen (secondary N) is 1. The molecule has 0 aliphatic carbocycles. The Morgan fingerprint density at radius 1 is 1.60 bits per heavy atom. The number of likely N-dealkylation sites (N-methyl/N-ethyl adjacent to an activating group) is 1. The van der Waals surface area contributed by atoms with Crippen molar-refractivity contribution < 1.29 is 0 Å². The van der Waals surface area contributed by atoms with E-state index >= 15 is 0 Å². The monoisotopic (exact) mass is 206 g/mol. The van der Waals surface area contributed by atoms with E-state index < -0.39 is 0 Å². The molecule has 4 nitrogen and oxygen atoms in total. The lowest BCUT2D eigenvalue weighted by Crippen LogP contribution is -2.44. The van der Waals surface area contributed by atoms with Crippen molar-refractivity contribution in [2.45, 2.75) is 19.4 Å². The highest BCUT2D eigenvalue weighted by Crippen LogP contribution is 2.13. The van der Waals surface area contributed by atoms with E-state index in [1.807, 2.05) is 12.3 Å². The number of hydrogen-bond acceptors (Lipinski definition) is 4. The van der Waals surface area contributed by atoms with Crippen LogP contribution in [0.5, 0.6) is 0 Å². The molecule has 1 fully saturated rings. The van der Waals surface area contributed by atoms with Gasteiger partial charge < -0.3 is 10.2 Å². The quantitative estimate of drug-likeness (QED) is 0.770. The summed E-state index contributed by atoms with van der Waals surface area (Å²) in [5.74, 6) is 0.933. The molecule has 0 spiro atoms. The number of hydrogen-bond donors (Lipinski definition) is 1. The first-order chi connectivity index (χ1) is 7.29. The maximum Gasteiger partial charge on any atom is 0.128 e. The molecule has 15 heavy (non-hydrogen) atoms. The molecular weight excluding hydrogens is 188 g/mol. The average Bonchev–Trinajstić information content (AvgIpc) is 2.29. The summed E-state index contributed by atoms with van der Waals surface area (Å²) in [6.07, 6.45) is 2.76. The highest BCUT2D eigenvalue weighted by molar-refractivity contribution is 5.09. The largest absolute Gasteiger partial charge is 0.306 e. The molecule has 2 heterocycles. The summed E-state index contributed by atoms with van der Waals surface area (Å²) >= 11 is 0. The summed E-state index contributed by atoms with van der Waals surface area (Å²) in [5, 5.41) is 3.49. The number of aromatic nitrogens is 2. The van der Waals surface area contributed by atoms with Crippen molar-refractivity contribution in [3.63, 3.8) is 0 Å². The zero-order valence-corrected chi connectivity index (χ0v) is 9.40.